The van der Waals surface area contributed by atoms with E-state index >= 15 is 0 Å². The lowest BCUT2D eigenvalue weighted by Crippen LogP contribution is -2.19. The molecule has 0 aromatic heterocycles. The van der Waals surface area contributed by atoms with Crippen LogP contribution in [0.15, 0.2) is 101 Å². The Balaban J connectivity index is 1.26. The fourth-order valence-corrected chi connectivity index (χ4v) is 4.53. The van der Waals surface area contributed by atoms with Crippen LogP contribution in [0, 0.1) is 6.92 Å². The van der Waals surface area contributed by atoms with Gasteiger partial charge in [0.15, 0.2) is 5.17 Å². The summed E-state index contributed by atoms with van der Waals surface area (Å²) >= 11 is 1.35. The molecule has 33 heavy (non-hydrogen) atoms. The van der Waals surface area contributed by atoms with Gasteiger partial charge in [0.1, 0.15) is 12.4 Å². The lowest BCUT2D eigenvalue weighted by Gasteiger charge is -2.09. The first-order chi connectivity index (χ1) is 16.1. The highest BCUT2D eigenvalue weighted by Gasteiger charge is 2.23. The molecular formula is C28H22N2O2S. The first-order valence-corrected chi connectivity index (χ1v) is 11.5. The first kappa shape index (κ1) is 21.0. The molecule has 4 aromatic carbocycles. The summed E-state index contributed by atoms with van der Waals surface area (Å²) in [6.07, 6.45) is 1.87. The standard InChI is InChI=1S/C28H22N2O2S/c1-19-6-4-10-23(16-19)29-28-30-27(31)26(33-28)17-20-12-14-24(15-13-20)32-18-22-9-5-8-21-7-2-3-11-25(21)22/h2-17H,18H2,1H3,(H,29,30,31). The van der Waals surface area contributed by atoms with Crippen molar-refractivity contribution in [1.29, 1.82) is 0 Å². The molecule has 0 aliphatic carbocycles. The zero-order valence-electron chi connectivity index (χ0n) is 18.1. The average Bonchev–Trinajstić information content (AvgIpc) is 3.17. The zero-order chi connectivity index (χ0) is 22.6. The molecule has 0 radical (unpaired) electrons. The van der Waals surface area contributed by atoms with E-state index in [4.69, 9.17) is 4.74 Å². The number of nitrogens with one attached hydrogen (secondary N) is 1. The van der Waals surface area contributed by atoms with Gasteiger partial charge in [-0.2, -0.15) is 0 Å². The minimum absolute atomic E-state index is 0.136. The number of amides is 1. The van der Waals surface area contributed by atoms with Gasteiger partial charge in [0.05, 0.1) is 10.6 Å². The number of benzene rings is 4. The smallest absolute Gasteiger partial charge is 0.264 e. The van der Waals surface area contributed by atoms with Crippen molar-refractivity contribution in [1.82, 2.24) is 5.32 Å². The van der Waals surface area contributed by atoms with Gasteiger partial charge in [-0.1, -0.05) is 66.7 Å². The van der Waals surface area contributed by atoms with Crippen molar-refractivity contribution >= 4 is 45.4 Å². The van der Waals surface area contributed by atoms with Crippen LogP contribution in [-0.2, 0) is 11.4 Å². The average molecular weight is 451 g/mol. The fourth-order valence-electron chi connectivity index (χ4n) is 3.69. The fraction of sp³-hybridized carbons (Fsp3) is 0.0714. The van der Waals surface area contributed by atoms with Gasteiger partial charge in [-0.25, -0.2) is 4.99 Å². The maximum Gasteiger partial charge on any atom is 0.264 e. The molecule has 5 heteroatoms. The van der Waals surface area contributed by atoms with E-state index < -0.39 is 0 Å². The number of amidine groups is 1. The lowest BCUT2D eigenvalue weighted by molar-refractivity contribution is -0.115. The number of aliphatic imine (C=N–C) groups is 1. The van der Waals surface area contributed by atoms with Crippen LogP contribution in [-0.4, -0.2) is 11.1 Å². The van der Waals surface area contributed by atoms with E-state index in [0.29, 0.717) is 16.7 Å². The number of carbonyl (C=O) groups is 1. The van der Waals surface area contributed by atoms with Crippen molar-refractivity contribution in [2.24, 2.45) is 4.99 Å². The SMILES string of the molecule is Cc1cccc(N=C2NC(=O)C(=Cc3ccc(OCc4cccc5ccccc45)cc3)S2)c1. The van der Waals surface area contributed by atoms with E-state index in [1.54, 1.807) is 0 Å². The largest absolute Gasteiger partial charge is 0.489 e. The number of carbonyl (C=O) groups excluding carboxylic acids is 1. The summed E-state index contributed by atoms with van der Waals surface area (Å²) in [5.74, 6) is 0.651. The Morgan fingerprint density at radius 3 is 2.58 bits per heavy atom. The van der Waals surface area contributed by atoms with E-state index in [1.165, 1.54) is 22.5 Å². The molecule has 1 saturated heterocycles. The molecule has 0 spiro atoms. The molecule has 1 N–H and O–H groups in total. The number of aryl methyl sites for hydroxylation is 1. The molecule has 0 bridgehead atoms. The van der Waals surface area contributed by atoms with Crippen molar-refractivity contribution in [2.75, 3.05) is 0 Å². The Morgan fingerprint density at radius 2 is 1.73 bits per heavy atom. The Morgan fingerprint density at radius 1 is 0.939 bits per heavy atom. The highest BCUT2D eigenvalue weighted by molar-refractivity contribution is 8.18. The van der Waals surface area contributed by atoms with E-state index in [1.807, 2.05) is 73.7 Å². The molecule has 1 amide bonds. The topological polar surface area (TPSA) is 50.7 Å². The molecule has 1 heterocycles. The van der Waals surface area contributed by atoms with Gasteiger partial charge in [0.25, 0.3) is 5.91 Å². The van der Waals surface area contributed by atoms with Crippen molar-refractivity contribution in [3.05, 3.63) is 113 Å². The second-order valence-corrected chi connectivity index (χ2v) is 8.85. The van der Waals surface area contributed by atoms with Crippen molar-refractivity contribution < 1.29 is 9.53 Å². The number of nitrogens with zero attached hydrogens (tertiary/aromatic N) is 1. The maximum absolute atomic E-state index is 12.4. The third-order valence-electron chi connectivity index (χ3n) is 5.34. The summed E-state index contributed by atoms with van der Waals surface area (Å²) in [6, 6.07) is 30.2. The van der Waals surface area contributed by atoms with Crippen LogP contribution in [0.3, 0.4) is 0 Å². The molecule has 0 unspecified atom stereocenters. The second-order valence-electron chi connectivity index (χ2n) is 7.82. The van der Waals surface area contributed by atoms with Gasteiger partial charge < -0.3 is 10.1 Å². The molecule has 0 atom stereocenters. The predicted molar refractivity (Wildman–Crippen MR) is 137 cm³/mol. The summed E-state index contributed by atoms with van der Waals surface area (Å²) in [5, 5.41) is 5.84. The van der Waals surface area contributed by atoms with Gasteiger partial charge in [-0.3, -0.25) is 4.79 Å². The van der Waals surface area contributed by atoms with Crippen LogP contribution in [0.4, 0.5) is 5.69 Å². The number of hydrogen-bond donors (Lipinski definition) is 1. The Kier molecular flexibility index (Phi) is 5.96. The molecule has 5 rings (SSSR count). The summed E-state index contributed by atoms with van der Waals surface area (Å²) < 4.78 is 6.02. The quantitative estimate of drug-likeness (QED) is 0.348. The number of thioether (sulfide) groups is 1. The summed E-state index contributed by atoms with van der Waals surface area (Å²) in [6.45, 7) is 2.52. The number of hydrogen-bond acceptors (Lipinski definition) is 4. The van der Waals surface area contributed by atoms with Gasteiger partial charge >= 0.3 is 0 Å². The normalized spacial score (nSPS) is 15.8. The summed E-state index contributed by atoms with van der Waals surface area (Å²) in [7, 11) is 0. The van der Waals surface area contributed by atoms with Gasteiger partial charge in [0.2, 0.25) is 0 Å². The molecular weight excluding hydrogens is 428 g/mol. The molecule has 4 aromatic rings. The number of ether oxygens (including phenoxy) is 1. The number of fused-ring (bicyclic) bond motifs is 1. The first-order valence-electron chi connectivity index (χ1n) is 10.7. The molecule has 1 aliphatic heterocycles. The second kappa shape index (κ2) is 9.35. The summed E-state index contributed by atoms with van der Waals surface area (Å²) in [4.78, 5) is 17.5. The van der Waals surface area contributed by atoms with Crippen LogP contribution in [0.1, 0.15) is 16.7 Å². The van der Waals surface area contributed by atoms with Crippen molar-refractivity contribution in [3.8, 4) is 5.75 Å². The minimum Gasteiger partial charge on any atom is -0.489 e. The van der Waals surface area contributed by atoms with Crippen LogP contribution in [0.25, 0.3) is 16.8 Å². The van der Waals surface area contributed by atoms with E-state index in [-0.39, 0.29) is 5.91 Å². The van der Waals surface area contributed by atoms with Crippen molar-refractivity contribution in [2.45, 2.75) is 13.5 Å². The zero-order valence-corrected chi connectivity index (χ0v) is 18.9. The van der Waals surface area contributed by atoms with Crippen molar-refractivity contribution in [3.63, 3.8) is 0 Å². The van der Waals surface area contributed by atoms with Crippen LogP contribution in [0.2, 0.25) is 0 Å². The third kappa shape index (κ3) is 4.99. The van der Waals surface area contributed by atoms with Crippen LogP contribution < -0.4 is 10.1 Å². The maximum atomic E-state index is 12.4. The van der Waals surface area contributed by atoms with Gasteiger partial charge in [-0.15, -0.1) is 0 Å². The van der Waals surface area contributed by atoms with E-state index in [2.05, 4.69) is 40.6 Å². The molecule has 4 nitrogen and oxygen atoms in total. The van der Waals surface area contributed by atoms with Gasteiger partial charge in [0, 0.05) is 0 Å². The Hall–Kier alpha value is -3.83. The Labute approximate surface area is 197 Å². The predicted octanol–water partition coefficient (Wildman–Crippen LogP) is 6.62. The monoisotopic (exact) mass is 450 g/mol. The molecule has 0 saturated carbocycles. The lowest BCUT2D eigenvalue weighted by atomic mass is 10.1. The van der Waals surface area contributed by atoms with E-state index in [0.717, 1.165) is 28.1 Å². The highest BCUT2D eigenvalue weighted by atomic mass is 32.2. The molecule has 1 fully saturated rings. The highest BCUT2D eigenvalue weighted by Crippen LogP contribution is 2.29. The number of rotatable bonds is 5. The van der Waals surface area contributed by atoms with Gasteiger partial charge in [-0.05, 0) is 76.5 Å². The third-order valence-corrected chi connectivity index (χ3v) is 6.25. The van der Waals surface area contributed by atoms with Crippen LogP contribution >= 0.6 is 11.8 Å². The van der Waals surface area contributed by atoms with Crippen LogP contribution in [0.5, 0.6) is 5.75 Å². The Bertz CT molecular complexity index is 1390. The summed E-state index contributed by atoms with van der Waals surface area (Å²) in [5.41, 5.74) is 4.04. The molecule has 1 aliphatic rings. The van der Waals surface area contributed by atoms with E-state index in [9.17, 15) is 4.79 Å². The molecule has 162 valence electrons. The minimum atomic E-state index is -0.136.